The molecule has 0 N–H and O–H groups in total. The molecule has 0 aliphatic heterocycles. The molecular weight excluding hydrogens is 292 g/mol. The first-order chi connectivity index (χ1) is 10.6. The molecule has 0 aromatic heterocycles. The van der Waals surface area contributed by atoms with Gasteiger partial charge < -0.3 is 9.47 Å². The number of benzene rings is 2. The molecule has 0 atom stereocenters. The molecule has 2 aromatic rings. The zero-order chi connectivity index (χ0) is 15.9. The van der Waals surface area contributed by atoms with Crippen molar-refractivity contribution in [1.82, 2.24) is 0 Å². The quantitative estimate of drug-likeness (QED) is 0.793. The van der Waals surface area contributed by atoms with Crippen LogP contribution in [0, 0.1) is 11.3 Å². The Morgan fingerprint density at radius 3 is 2.68 bits per heavy atom. The van der Waals surface area contributed by atoms with Gasteiger partial charge in [0.2, 0.25) is 0 Å². The number of ether oxygens (including phenoxy) is 2. The lowest BCUT2D eigenvalue weighted by Crippen LogP contribution is -2.07. The molecule has 0 heterocycles. The maximum atomic E-state index is 12.1. The van der Waals surface area contributed by atoms with Gasteiger partial charge in [-0.15, -0.1) is 0 Å². The molecule has 4 nitrogen and oxygen atoms in total. The third kappa shape index (κ3) is 4.03. The summed E-state index contributed by atoms with van der Waals surface area (Å²) in [4.78, 5) is 11.9. The zero-order valence-corrected chi connectivity index (χ0v) is 11.3. The number of hydrogen-bond donors (Lipinski definition) is 0. The molecule has 0 saturated heterocycles. The summed E-state index contributed by atoms with van der Waals surface area (Å²) in [5.74, 6) is -0.811. The van der Waals surface area contributed by atoms with Gasteiger partial charge in [-0.05, 0) is 24.3 Å². The van der Waals surface area contributed by atoms with Crippen molar-refractivity contribution in [2.75, 3.05) is 0 Å². The van der Waals surface area contributed by atoms with Crippen molar-refractivity contribution in [2.24, 2.45) is 0 Å². The lowest BCUT2D eigenvalue weighted by Gasteiger charge is -2.08. The fraction of sp³-hybridized carbons (Fsp3) is 0.125. The monoisotopic (exact) mass is 303 g/mol. The molecule has 0 saturated carbocycles. The van der Waals surface area contributed by atoms with E-state index in [1.807, 2.05) is 6.07 Å². The fourth-order valence-electron chi connectivity index (χ4n) is 1.78. The summed E-state index contributed by atoms with van der Waals surface area (Å²) in [6.45, 7) is -3.04. The summed E-state index contributed by atoms with van der Waals surface area (Å²) in [6.07, 6.45) is 0. The summed E-state index contributed by atoms with van der Waals surface area (Å²) < 4.78 is 33.6. The van der Waals surface area contributed by atoms with Gasteiger partial charge >= 0.3 is 12.6 Å². The SMILES string of the molecule is N#Cc1ccccc1COC(=O)c1cccc(OC(F)F)c1. The average molecular weight is 303 g/mol. The molecule has 0 radical (unpaired) electrons. The minimum Gasteiger partial charge on any atom is -0.457 e. The van der Waals surface area contributed by atoms with Gasteiger partial charge in [-0.1, -0.05) is 24.3 Å². The van der Waals surface area contributed by atoms with Crippen LogP contribution in [-0.2, 0) is 11.3 Å². The molecule has 6 heteroatoms. The van der Waals surface area contributed by atoms with E-state index in [4.69, 9.17) is 10.00 Å². The molecule has 0 aliphatic rings. The van der Waals surface area contributed by atoms with E-state index in [-0.39, 0.29) is 17.9 Å². The third-order valence-electron chi connectivity index (χ3n) is 2.79. The normalized spacial score (nSPS) is 10.1. The summed E-state index contributed by atoms with van der Waals surface area (Å²) in [5.41, 5.74) is 1.07. The molecule has 0 amide bonds. The van der Waals surface area contributed by atoms with Crippen LogP contribution in [0.15, 0.2) is 48.5 Å². The predicted octanol–water partition coefficient (Wildman–Crippen LogP) is 3.52. The summed E-state index contributed by atoms with van der Waals surface area (Å²) in [5, 5.41) is 8.94. The van der Waals surface area contributed by atoms with Crippen LogP contribution in [0.3, 0.4) is 0 Å². The maximum absolute atomic E-state index is 12.1. The van der Waals surface area contributed by atoms with Crippen molar-refractivity contribution in [3.05, 3.63) is 65.2 Å². The first-order valence-corrected chi connectivity index (χ1v) is 6.30. The second-order valence-corrected chi connectivity index (χ2v) is 4.25. The molecule has 0 fully saturated rings. The van der Waals surface area contributed by atoms with Gasteiger partial charge in [-0.25, -0.2) is 4.79 Å². The van der Waals surface area contributed by atoms with Gasteiger partial charge in [-0.2, -0.15) is 14.0 Å². The van der Waals surface area contributed by atoms with Crippen molar-refractivity contribution < 1.29 is 23.0 Å². The molecule has 2 aromatic carbocycles. The topological polar surface area (TPSA) is 59.3 Å². The fourth-order valence-corrected chi connectivity index (χ4v) is 1.78. The Balaban J connectivity index is 2.05. The molecule has 2 rings (SSSR count). The number of nitriles is 1. The van der Waals surface area contributed by atoms with Crippen molar-refractivity contribution in [2.45, 2.75) is 13.2 Å². The molecule has 0 spiro atoms. The van der Waals surface area contributed by atoms with Crippen LogP contribution in [0.25, 0.3) is 0 Å². The average Bonchev–Trinajstić information content (AvgIpc) is 2.52. The van der Waals surface area contributed by atoms with Gasteiger partial charge in [0.25, 0.3) is 0 Å². The van der Waals surface area contributed by atoms with Gasteiger partial charge in [0.1, 0.15) is 12.4 Å². The number of hydrogen-bond acceptors (Lipinski definition) is 4. The van der Waals surface area contributed by atoms with E-state index in [2.05, 4.69) is 4.74 Å². The molecule has 0 bridgehead atoms. The number of halogens is 2. The molecule has 0 unspecified atom stereocenters. The number of esters is 1. The van der Waals surface area contributed by atoms with Gasteiger partial charge in [0.15, 0.2) is 0 Å². The highest BCUT2D eigenvalue weighted by atomic mass is 19.3. The second-order valence-electron chi connectivity index (χ2n) is 4.25. The number of alkyl halides is 2. The Labute approximate surface area is 125 Å². The number of carbonyl (C=O) groups excluding carboxylic acids is 1. The Morgan fingerprint density at radius 1 is 1.18 bits per heavy atom. The van der Waals surface area contributed by atoms with Crippen LogP contribution in [0.1, 0.15) is 21.5 Å². The van der Waals surface area contributed by atoms with Crippen LogP contribution >= 0.6 is 0 Å². The largest absolute Gasteiger partial charge is 0.457 e. The Hall–Kier alpha value is -2.94. The number of rotatable bonds is 5. The highest BCUT2D eigenvalue weighted by molar-refractivity contribution is 5.89. The van der Waals surface area contributed by atoms with E-state index in [0.717, 1.165) is 0 Å². The second kappa shape index (κ2) is 7.18. The van der Waals surface area contributed by atoms with Gasteiger partial charge in [0.05, 0.1) is 17.2 Å². The Kier molecular flexibility index (Phi) is 5.04. The zero-order valence-electron chi connectivity index (χ0n) is 11.3. The summed E-state index contributed by atoms with van der Waals surface area (Å²) >= 11 is 0. The summed E-state index contributed by atoms with van der Waals surface area (Å²) in [7, 11) is 0. The molecule has 0 aliphatic carbocycles. The number of carbonyl (C=O) groups is 1. The Bertz CT molecular complexity index is 711. The van der Waals surface area contributed by atoms with E-state index in [9.17, 15) is 13.6 Å². The van der Waals surface area contributed by atoms with Crippen molar-refractivity contribution >= 4 is 5.97 Å². The predicted molar refractivity (Wildman–Crippen MR) is 73.4 cm³/mol. The van der Waals surface area contributed by atoms with E-state index in [1.54, 1.807) is 24.3 Å². The van der Waals surface area contributed by atoms with Gasteiger partial charge in [-0.3, -0.25) is 0 Å². The van der Waals surface area contributed by atoms with E-state index < -0.39 is 12.6 Å². The van der Waals surface area contributed by atoms with Crippen LogP contribution in [-0.4, -0.2) is 12.6 Å². The van der Waals surface area contributed by atoms with Crippen molar-refractivity contribution in [3.63, 3.8) is 0 Å². The third-order valence-corrected chi connectivity index (χ3v) is 2.79. The molecule has 112 valence electrons. The van der Waals surface area contributed by atoms with Crippen molar-refractivity contribution in [1.29, 1.82) is 5.26 Å². The lowest BCUT2D eigenvalue weighted by molar-refractivity contribution is -0.0499. The van der Waals surface area contributed by atoms with E-state index in [0.29, 0.717) is 11.1 Å². The Morgan fingerprint density at radius 2 is 1.95 bits per heavy atom. The molecule has 22 heavy (non-hydrogen) atoms. The minimum atomic E-state index is -2.96. The van der Waals surface area contributed by atoms with Crippen molar-refractivity contribution in [3.8, 4) is 11.8 Å². The van der Waals surface area contributed by atoms with E-state index in [1.165, 1.54) is 24.3 Å². The van der Waals surface area contributed by atoms with Crippen LogP contribution in [0.4, 0.5) is 8.78 Å². The smallest absolute Gasteiger partial charge is 0.387 e. The lowest BCUT2D eigenvalue weighted by atomic mass is 10.1. The van der Waals surface area contributed by atoms with Crippen LogP contribution in [0.2, 0.25) is 0 Å². The van der Waals surface area contributed by atoms with Crippen LogP contribution in [0.5, 0.6) is 5.75 Å². The highest BCUT2D eigenvalue weighted by Crippen LogP contribution is 2.17. The number of nitrogens with zero attached hydrogens (tertiary/aromatic N) is 1. The first-order valence-electron chi connectivity index (χ1n) is 6.30. The van der Waals surface area contributed by atoms with E-state index >= 15 is 0 Å². The maximum Gasteiger partial charge on any atom is 0.387 e. The highest BCUT2D eigenvalue weighted by Gasteiger charge is 2.11. The summed E-state index contributed by atoms with van der Waals surface area (Å²) in [6, 6.07) is 14.0. The van der Waals surface area contributed by atoms with Crippen LogP contribution < -0.4 is 4.74 Å². The molecular formula is C16H11F2NO3. The minimum absolute atomic E-state index is 0.0809. The van der Waals surface area contributed by atoms with Gasteiger partial charge in [0, 0.05) is 5.56 Å². The standard InChI is InChI=1S/C16H11F2NO3/c17-16(18)22-14-7-3-6-11(8-14)15(20)21-10-13-5-2-1-4-12(13)9-19/h1-8,16H,10H2. The first kappa shape index (κ1) is 15.4.